The van der Waals surface area contributed by atoms with Gasteiger partial charge in [-0.25, -0.2) is 9.07 Å². The zero-order chi connectivity index (χ0) is 15.2. The normalized spacial score (nSPS) is 12.8. The number of aliphatic hydroxyl groups excluding tert-OH is 1. The Balaban J connectivity index is 1.95. The quantitative estimate of drug-likeness (QED) is 0.839. The number of hydrogen-bond acceptors (Lipinski definition) is 4. The zero-order valence-electron chi connectivity index (χ0n) is 12.2. The molecule has 0 saturated carbocycles. The molecule has 0 amide bonds. The second kappa shape index (κ2) is 7.31. The van der Waals surface area contributed by atoms with E-state index in [9.17, 15) is 9.50 Å². The maximum atomic E-state index is 12.9. The van der Waals surface area contributed by atoms with E-state index in [-0.39, 0.29) is 5.82 Å². The smallest absolute Gasteiger partial charge is 0.123 e. The highest BCUT2D eigenvalue weighted by Crippen LogP contribution is 2.10. The Labute approximate surface area is 123 Å². The third-order valence-electron chi connectivity index (χ3n) is 3.06. The van der Waals surface area contributed by atoms with Crippen molar-refractivity contribution in [3.05, 3.63) is 48.0 Å². The van der Waals surface area contributed by atoms with Gasteiger partial charge in [0, 0.05) is 32.0 Å². The lowest BCUT2D eigenvalue weighted by atomic mass is 10.3. The van der Waals surface area contributed by atoms with Gasteiger partial charge < -0.3 is 9.84 Å². The van der Waals surface area contributed by atoms with E-state index in [0.29, 0.717) is 19.7 Å². The molecular formula is C15H20FN3O2. The van der Waals surface area contributed by atoms with Crippen LogP contribution in [0.2, 0.25) is 0 Å². The van der Waals surface area contributed by atoms with Crippen molar-refractivity contribution in [3.8, 4) is 5.69 Å². The molecule has 1 N–H and O–H groups in total. The molecule has 21 heavy (non-hydrogen) atoms. The average molecular weight is 293 g/mol. The summed E-state index contributed by atoms with van der Waals surface area (Å²) in [5, 5.41) is 13.9. The first kappa shape index (κ1) is 15.6. The van der Waals surface area contributed by atoms with Crippen LogP contribution in [0.4, 0.5) is 4.39 Å². The molecular weight excluding hydrogens is 273 g/mol. The lowest BCUT2D eigenvalue weighted by Gasteiger charge is -2.19. The van der Waals surface area contributed by atoms with Gasteiger partial charge >= 0.3 is 0 Å². The molecule has 0 aliphatic heterocycles. The van der Waals surface area contributed by atoms with Crippen LogP contribution in [0.3, 0.4) is 0 Å². The van der Waals surface area contributed by atoms with Crippen LogP contribution in [0.5, 0.6) is 0 Å². The van der Waals surface area contributed by atoms with Gasteiger partial charge in [-0.2, -0.15) is 5.10 Å². The summed E-state index contributed by atoms with van der Waals surface area (Å²) in [6.07, 6.45) is 3.15. The molecule has 2 aromatic rings. The number of benzene rings is 1. The SMILES string of the molecule is COCC(O)CN(C)Cc1cnn(-c2ccc(F)cc2)c1. The van der Waals surface area contributed by atoms with Gasteiger partial charge in [-0.15, -0.1) is 0 Å². The molecule has 1 unspecified atom stereocenters. The Morgan fingerprint density at radius 3 is 2.76 bits per heavy atom. The predicted molar refractivity (Wildman–Crippen MR) is 77.7 cm³/mol. The Hall–Kier alpha value is -1.76. The number of rotatable bonds is 7. The summed E-state index contributed by atoms with van der Waals surface area (Å²) in [5.74, 6) is -0.266. The minimum absolute atomic E-state index is 0.266. The van der Waals surface area contributed by atoms with Gasteiger partial charge in [0.1, 0.15) is 5.82 Å². The molecule has 0 fully saturated rings. The number of aromatic nitrogens is 2. The molecule has 114 valence electrons. The fraction of sp³-hybridized carbons (Fsp3) is 0.400. The Morgan fingerprint density at radius 1 is 1.38 bits per heavy atom. The lowest BCUT2D eigenvalue weighted by Crippen LogP contribution is -2.31. The highest BCUT2D eigenvalue weighted by Gasteiger charge is 2.09. The third kappa shape index (κ3) is 4.63. The number of halogens is 1. The van der Waals surface area contributed by atoms with Crippen LogP contribution >= 0.6 is 0 Å². The van der Waals surface area contributed by atoms with Crippen LogP contribution in [-0.2, 0) is 11.3 Å². The van der Waals surface area contributed by atoms with Gasteiger partial charge in [0.15, 0.2) is 0 Å². The van der Waals surface area contributed by atoms with Crippen molar-refractivity contribution in [3.63, 3.8) is 0 Å². The molecule has 0 bridgehead atoms. The minimum atomic E-state index is -0.507. The molecule has 5 nitrogen and oxygen atoms in total. The van der Waals surface area contributed by atoms with E-state index in [1.807, 2.05) is 18.1 Å². The first-order chi connectivity index (χ1) is 10.1. The molecule has 1 aromatic carbocycles. The standard InChI is InChI=1S/C15H20FN3O2/c1-18(10-15(20)11-21-2)8-12-7-17-19(9-12)14-5-3-13(16)4-6-14/h3-7,9,15,20H,8,10-11H2,1-2H3. The lowest BCUT2D eigenvalue weighted by molar-refractivity contribution is 0.0419. The van der Waals surface area contributed by atoms with E-state index in [2.05, 4.69) is 5.10 Å². The highest BCUT2D eigenvalue weighted by molar-refractivity contribution is 5.31. The fourth-order valence-electron chi connectivity index (χ4n) is 2.16. The van der Waals surface area contributed by atoms with Gasteiger partial charge in [-0.1, -0.05) is 0 Å². The van der Waals surface area contributed by atoms with E-state index >= 15 is 0 Å². The van der Waals surface area contributed by atoms with E-state index in [4.69, 9.17) is 4.74 Å². The van der Waals surface area contributed by atoms with Gasteiger partial charge in [0.25, 0.3) is 0 Å². The Morgan fingerprint density at radius 2 is 2.10 bits per heavy atom. The average Bonchev–Trinajstić information content (AvgIpc) is 2.88. The van der Waals surface area contributed by atoms with Crippen molar-refractivity contribution in [1.82, 2.24) is 14.7 Å². The van der Waals surface area contributed by atoms with Crippen molar-refractivity contribution in [2.24, 2.45) is 0 Å². The summed E-state index contributed by atoms with van der Waals surface area (Å²) < 4.78 is 19.5. The fourth-order valence-corrected chi connectivity index (χ4v) is 2.16. The Kier molecular flexibility index (Phi) is 5.44. The number of ether oxygens (including phenoxy) is 1. The summed E-state index contributed by atoms with van der Waals surface area (Å²) in [6.45, 7) is 1.51. The number of nitrogens with zero attached hydrogens (tertiary/aromatic N) is 3. The van der Waals surface area contributed by atoms with Crippen molar-refractivity contribution in [1.29, 1.82) is 0 Å². The number of hydrogen-bond donors (Lipinski definition) is 1. The second-order valence-corrected chi connectivity index (χ2v) is 5.08. The molecule has 0 spiro atoms. The number of aliphatic hydroxyl groups is 1. The van der Waals surface area contributed by atoms with Crippen LogP contribution in [0.15, 0.2) is 36.7 Å². The topological polar surface area (TPSA) is 50.5 Å². The van der Waals surface area contributed by atoms with E-state index in [1.54, 1.807) is 30.1 Å². The molecule has 0 aliphatic rings. The maximum Gasteiger partial charge on any atom is 0.123 e. The summed E-state index contributed by atoms with van der Waals surface area (Å²) in [7, 11) is 3.49. The largest absolute Gasteiger partial charge is 0.389 e. The van der Waals surface area contributed by atoms with Gasteiger partial charge in [0.2, 0.25) is 0 Å². The maximum absolute atomic E-state index is 12.9. The molecule has 0 aliphatic carbocycles. The van der Waals surface area contributed by atoms with Crippen LogP contribution < -0.4 is 0 Å². The van der Waals surface area contributed by atoms with E-state index in [1.165, 1.54) is 12.1 Å². The molecule has 2 rings (SSSR count). The predicted octanol–water partition coefficient (Wildman–Crippen LogP) is 1.45. The van der Waals surface area contributed by atoms with Crippen molar-refractivity contribution in [2.75, 3.05) is 27.3 Å². The van der Waals surface area contributed by atoms with Crippen molar-refractivity contribution >= 4 is 0 Å². The monoisotopic (exact) mass is 293 g/mol. The summed E-state index contributed by atoms with van der Waals surface area (Å²) >= 11 is 0. The molecule has 0 saturated heterocycles. The first-order valence-electron chi connectivity index (χ1n) is 6.73. The van der Waals surface area contributed by atoms with Crippen LogP contribution in [0, 0.1) is 5.82 Å². The second-order valence-electron chi connectivity index (χ2n) is 5.08. The molecule has 6 heteroatoms. The third-order valence-corrected chi connectivity index (χ3v) is 3.06. The highest BCUT2D eigenvalue weighted by atomic mass is 19.1. The van der Waals surface area contributed by atoms with Crippen LogP contribution in [-0.4, -0.2) is 53.2 Å². The van der Waals surface area contributed by atoms with E-state index < -0.39 is 6.10 Å². The minimum Gasteiger partial charge on any atom is -0.389 e. The van der Waals surface area contributed by atoms with Gasteiger partial charge in [-0.3, -0.25) is 4.90 Å². The molecule has 1 heterocycles. The van der Waals surface area contributed by atoms with Crippen molar-refractivity contribution < 1.29 is 14.2 Å². The summed E-state index contributed by atoms with van der Waals surface area (Å²) in [6, 6.07) is 6.17. The number of likely N-dealkylation sites (N-methyl/N-ethyl adjacent to an activating group) is 1. The molecule has 1 atom stereocenters. The molecule has 1 aromatic heterocycles. The zero-order valence-corrected chi connectivity index (χ0v) is 12.2. The molecule has 0 radical (unpaired) electrons. The van der Waals surface area contributed by atoms with Gasteiger partial charge in [-0.05, 0) is 31.3 Å². The summed E-state index contributed by atoms with van der Waals surface area (Å²) in [4.78, 5) is 2.00. The van der Waals surface area contributed by atoms with Gasteiger partial charge in [0.05, 0.1) is 24.6 Å². The summed E-state index contributed by atoms with van der Waals surface area (Å²) in [5.41, 5.74) is 1.83. The Bertz CT molecular complexity index is 556. The first-order valence-corrected chi connectivity index (χ1v) is 6.73. The van der Waals surface area contributed by atoms with E-state index in [0.717, 1.165) is 11.3 Å². The van der Waals surface area contributed by atoms with Crippen molar-refractivity contribution in [2.45, 2.75) is 12.6 Å². The van der Waals surface area contributed by atoms with Crippen LogP contribution in [0.1, 0.15) is 5.56 Å². The number of methoxy groups -OCH3 is 1. The van der Waals surface area contributed by atoms with Crippen LogP contribution in [0.25, 0.3) is 5.69 Å².